The van der Waals surface area contributed by atoms with Gasteiger partial charge in [0.15, 0.2) is 11.5 Å². The lowest BCUT2D eigenvalue weighted by molar-refractivity contribution is 0.251. The molecule has 10 heteroatoms. The van der Waals surface area contributed by atoms with Gasteiger partial charge >= 0.3 is 6.03 Å². The quantitative estimate of drug-likeness (QED) is 0.165. The molecule has 9 nitrogen and oxygen atoms in total. The molecule has 0 spiro atoms. The van der Waals surface area contributed by atoms with Crippen molar-refractivity contribution in [2.24, 2.45) is 0 Å². The third-order valence-electron chi connectivity index (χ3n) is 7.58. The zero-order chi connectivity index (χ0) is 32.6. The second kappa shape index (κ2) is 12.4. The lowest BCUT2D eigenvalue weighted by Gasteiger charge is -2.14. The number of phenols is 1. The van der Waals surface area contributed by atoms with Crippen molar-refractivity contribution in [2.75, 3.05) is 5.32 Å². The summed E-state index contributed by atoms with van der Waals surface area (Å²) in [6.45, 7) is 12.7. The summed E-state index contributed by atoms with van der Waals surface area (Å²) in [6.07, 6.45) is 1.96. The largest absolute Gasteiger partial charge is 0.507 e. The molecule has 3 aromatic carbocycles. The van der Waals surface area contributed by atoms with Crippen molar-refractivity contribution in [3.63, 3.8) is 0 Å². The summed E-state index contributed by atoms with van der Waals surface area (Å²) in [5, 5.41) is 30.1. The molecule has 0 saturated heterocycles. The van der Waals surface area contributed by atoms with Crippen LogP contribution in [0.2, 0.25) is 0 Å². The number of carbonyl (C=O) groups is 1. The number of hydrogen-bond donors (Lipinski definition) is 3. The number of aryl methyl sites for hydroxylation is 3. The Labute approximate surface area is 272 Å². The molecule has 2 amide bonds. The third kappa shape index (κ3) is 6.62. The first-order valence-corrected chi connectivity index (χ1v) is 15.9. The first kappa shape index (κ1) is 30.9. The van der Waals surface area contributed by atoms with Crippen LogP contribution in [0.4, 0.5) is 10.6 Å². The van der Waals surface area contributed by atoms with Crippen LogP contribution in [0.15, 0.2) is 94.9 Å². The van der Waals surface area contributed by atoms with E-state index in [1.165, 1.54) is 0 Å². The van der Waals surface area contributed by atoms with E-state index in [1.807, 2.05) is 72.1 Å². The Morgan fingerprint density at radius 1 is 0.891 bits per heavy atom. The molecule has 0 aliphatic rings. The number of urea groups is 1. The van der Waals surface area contributed by atoms with E-state index in [4.69, 9.17) is 5.10 Å². The van der Waals surface area contributed by atoms with Crippen LogP contribution in [-0.2, 0) is 12.0 Å². The molecular weight excluding hydrogens is 595 g/mol. The summed E-state index contributed by atoms with van der Waals surface area (Å²) in [4.78, 5) is 15.2. The minimum atomic E-state index is -0.320. The summed E-state index contributed by atoms with van der Waals surface area (Å²) >= 11 is 1.58. The van der Waals surface area contributed by atoms with Crippen molar-refractivity contribution in [3.05, 3.63) is 113 Å². The number of nitrogens with zero attached hydrogens (tertiary/aromatic N) is 5. The number of carbonyl (C=O) groups excluding carboxylic acids is 1. The number of aromatic hydroxyl groups is 1. The van der Waals surface area contributed by atoms with Gasteiger partial charge in [0.1, 0.15) is 11.6 Å². The maximum Gasteiger partial charge on any atom is 0.320 e. The van der Waals surface area contributed by atoms with Gasteiger partial charge in [-0.3, -0.25) is 9.72 Å². The molecule has 0 aliphatic heterocycles. The molecule has 6 aromatic rings. The zero-order valence-electron chi connectivity index (χ0n) is 26.8. The van der Waals surface area contributed by atoms with Crippen molar-refractivity contribution in [1.29, 1.82) is 0 Å². The number of fused-ring (bicyclic) bond motifs is 1. The Bertz CT molecular complexity index is 2050. The molecule has 0 bridgehead atoms. The van der Waals surface area contributed by atoms with E-state index in [0.29, 0.717) is 29.4 Å². The van der Waals surface area contributed by atoms with E-state index in [-0.39, 0.29) is 17.2 Å². The third-order valence-corrected chi connectivity index (χ3v) is 8.67. The van der Waals surface area contributed by atoms with Crippen LogP contribution in [0.25, 0.3) is 22.7 Å². The van der Waals surface area contributed by atoms with Gasteiger partial charge in [0, 0.05) is 34.0 Å². The summed E-state index contributed by atoms with van der Waals surface area (Å²) in [5.41, 5.74) is 7.08. The molecule has 3 aromatic heterocycles. The molecule has 3 heterocycles. The lowest BCUT2D eigenvalue weighted by atomic mass is 9.92. The van der Waals surface area contributed by atoms with E-state index < -0.39 is 0 Å². The van der Waals surface area contributed by atoms with Gasteiger partial charge < -0.3 is 10.4 Å². The highest BCUT2D eigenvalue weighted by molar-refractivity contribution is 7.99. The molecule has 0 fully saturated rings. The van der Waals surface area contributed by atoms with Crippen LogP contribution in [-0.4, -0.2) is 35.5 Å². The maximum absolute atomic E-state index is 13.3. The average Bonchev–Trinajstić information content (AvgIpc) is 3.61. The van der Waals surface area contributed by atoms with E-state index in [0.717, 1.165) is 43.4 Å². The summed E-state index contributed by atoms with van der Waals surface area (Å²) in [6, 6.07) is 25.3. The minimum Gasteiger partial charge on any atom is -0.507 e. The molecule has 0 saturated carbocycles. The van der Waals surface area contributed by atoms with Gasteiger partial charge in [0.25, 0.3) is 0 Å². The SMILES string of the molecule is Cc1cc(C)cc(-n2nc(C(C)(C)C)cc2NC(=O)NCc2ccccc2Sc2ccc3nnc(-c4ccc(C)cc4O)n3c2)c1. The van der Waals surface area contributed by atoms with Gasteiger partial charge in [-0.05, 0) is 85.5 Å². The molecule has 0 radical (unpaired) electrons. The standard InChI is InChI=1S/C36H37N7O2S/c1-22-11-13-28(29(44)18-22)34-40-39-32-14-12-27(21-42(32)34)46-30-10-8-7-9-25(30)20-37-35(45)38-33-19-31(36(4,5)6)41-43(33)26-16-23(2)15-24(3)17-26/h7-19,21,44H,20H2,1-6H3,(H2,37,38,45). The highest BCUT2D eigenvalue weighted by Crippen LogP contribution is 2.34. The fourth-order valence-corrected chi connectivity index (χ4v) is 6.23. The van der Waals surface area contributed by atoms with E-state index in [9.17, 15) is 9.90 Å². The first-order chi connectivity index (χ1) is 21.9. The molecule has 6 rings (SSSR count). The van der Waals surface area contributed by atoms with Crippen LogP contribution in [0.5, 0.6) is 5.75 Å². The average molecular weight is 632 g/mol. The van der Waals surface area contributed by atoms with Crippen molar-refractivity contribution >= 4 is 29.3 Å². The van der Waals surface area contributed by atoms with Crippen LogP contribution in [0, 0.1) is 20.8 Å². The molecule has 234 valence electrons. The Morgan fingerprint density at radius 2 is 1.65 bits per heavy atom. The van der Waals surface area contributed by atoms with E-state index in [2.05, 4.69) is 73.6 Å². The number of aromatic nitrogens is 5. The van der Waals surface area contributed by atoms with Crippen LogP contribution >= 0.6 is 11.8 Å². The number of amides is 2. The zero-order valence-corrected chi connectivity index (χ0v) is 27.6. The van der Waals surface area contributed by atoms with Crippen molar-refractivity contribution in [2.45, 2.75) is 63.3 Å². The lowest BCUT2D eigenvalue weighted by Crippen LogP contribution is -2.29. The first-order valence-electron chi connectivity index (χ1n) is 15.1. The normalized spacial score (nSPS) is 11.6. The molecule has 0 atom stereocenters. The maximum atomic E-state index is 13.3. The van der Waals surface area contributed by atoms with Gasteiger partial charge in [-0.1, -0.05) is 62.9 Å². The van der Waals surface area contributed by atoms with Gasteiger partial charge in [-0.25, -0.2) is 9.48 Å². The molecule has 0 aliphatic carbocycles. The number of benzene rings is 3. The van der Waals surface area contributed by atoms with Crippen molar-refractivity contribution < 1.29 is 9.90 Å². The second-order valence-corrected chi connectivity index (χ2v) is 13.7. The number of pyridine rings is 1. The van der Waals surface area contributed by atoms with Crippen molar-refractivity contribution in [1.82, 2.24) is 29.7 Å². The van der Waals surface area contributed by atoms with Gasteiger partial charge in [-0.15, -0.1) is 10.2 Å². The second-order valence-electron chi connectivity index (χ2n) is 12.6. The summed E-state index contributed by atoms with van der Waals surface area (Å²) in [7, 11) is 0. The van der Waals surface area contributed by atoms with Gasteiger partial charge in [0.2, 0.25) is 0 Å². The summed E-state index contributed by atoms with van der Waals surface area (Å²) in [5.74, 6) is 1.33. The van der Waals surface area contributed by atoms with Crippen molar-refractivity contribution in [3.8, 4) is 22.8 Å². The number of nitrogens with one attached hydrogen (secondary N) is 2. The molecular formula is C36H37N7O2S. The molecule has 46 heavy (non-hydrogen) atoms. The number of anilines is 1. The fourth-order valence-electron chi connectivity index (χ4n) is 5.26. The predicted molar refractivity (Wildman–Crippen MR) is 183 cm³/mol. The highest BCUT2D eigenvalue weighted by Gasteiger charge is 2.22. The smallest absolute Gasteiger partial charge is 0.320 e. The Hall–Kier alpha value is -5.09. The van der Waals surface area contributed by atoms with Gasteiger partial charge in [-0.2, -0.15) is 5.10 Å². The van der Waals surface area contributed by atoms with E-state index >= 15 is 0 Å². The number of hydrogen-bond acceptors (Lipinski definition) is 6. The number of phenolic OH excluding ortho intramolecular Hbond substituents is 1. The predicted octanol–water partition coefficient (Wildman–Crippen LogP) is 7.98. The highest BCUT2D eigenvalue weighted by atomic mass is 32.2. The topological polar surface area (TPSA) is 109 Å². The minimum absolute atomic E-state index is 0.161. The monoisotopic (exact) mass is 631 g/mol. The Morgan fingerprint density at radius 3 is 2.39 bits per heavy atom. The fraction of sp³-hybridized carbons (Fsp3) is 0.222. The van der Waals surface area contributed by atoms with E-state index in [1.54, 1.807) is 22.5 Å². The Balaban J connectivity index is 1.20. The molecule has 0 unspecified atom stereocenters. The van der Waals surface area contributed by atoms with Crippen LogP contribution in [0.3, 0.4) is 0 Å². The van der Waals surface area contributed by atoms with Gasteiger partial charge in [0.05, 0.1) is 16.9 Å². The van der Waals surface area contributed by atoms with Crippen LogP contribution in [0.1, 0.15) is 48.7 Å². The Kier molecular flexibility index (Phi) is 8.31. The summed E-state index contributed by atoms with van der Waals surface area (Å²) < 4.78 is 3.68. The number of rotatable bonds is 7. The molecule has 3 N–H and O–H groups in total. The van der Waals surface area contributed by atoms with Crippen LogP contribution < -0.4 is 10.6 Å².